The zero-order valence-corrected chi connectivity index (χ0v) is 9.32. The molecule has 4 nitrogen and oxygen atoms in total. The van der Waals surface area contributed by atoms with Gasteiger partial charge < -0.3 is 18.9 Å². The molecule has 4 rings (SSSR count). The van der Waals surface area contributed by atoms with Crippen molar-refractivity contribution in [3.05, 3.63) is 35.9 Å². The lowest BCUT2D eigenvalue weighted by Gasteiger charge is -2.24. The van der Waals surface area contributed by atoms with E-state index in [0.29, 0.717) is 13.2 Å². The molecule has 0 amide bonds. The summed E-state index contributed by atoms with van der Waals surface area (Å²) in [5, 5.41) is 0. The zero-order valence-electron chi connectivity index (χ0n) is 9.32. The number of fused-ring (bicyclic) bond motifs is 4. The van der Waals surface area contributed by atoms with Gasteiger partial charge in [0.2, 0.25) is 0 Å². The van der Waals surface area contributed by atoms with Crippen molar-refractivity contribution in [2.45, 2.75) is 37.3 Å². The molecule has 0 aromatic heterocycles. The predicted molar refractivity (Wildman–Crippen MR) is 58.3 cm³/mol. The van der Waals surface area contributed by atoms with Crippen LogP contribution in [0.4, 0.5) is 0 Å². The summed E-state index contributed by atoms with van der Waals surface area (Å²) in [4.78, 5) is 0. The molecule has 4 heteroatoms. The summed E-state index contributed by atoms with van der Waals surface area (Å²) < 4.78 is 22.6. The molecule has 2 bridgehead atoms. The van der Waals surface area contributed by atoms with Gasteiger partial charge in [-0.05, 0) is 5.56 Å². The topological polar surface area (TPSA) is 40.2 Å². The second-order valence-corrected chi connectivity index (χ2v) is 4.70. The fraction of sp³-hybridized carbons (Fsp3) is 0.538. The van der Waals surface area contributed by atoms with Crippen molar-refractivity contribution >= 4 is 0 Å². The van der Waals surface area contributed by atoms with E-state index < -0.39 is 0 Å². The Balaban J connectivity index is 1.43. The summed E-state index contributed by atoms with van der Waals surface area (Å²) in [6.07, 6.45) is 0.160. The van der Waals surface area contributed by atoms with Crippen LogP contribution in [0.3, 0.4) is 0 Å². The Bertz CT molecular complexity index is 407. The average molecular weight is 234 g/mol. The Morgan fingerprint density at radius 2 is 2.00 bits per heavy atom. The van der Waals surface area contributed by atoms with E-state index in [2.05, 4.69) is 12.1 Å². The number of hydrogen-bond donors (Lipinski definition) is 0. The van der Waals surface area contributed by atoms with Crippen LogP contribution in [0.1, 0.15) is 5.56 Å². The van der Waals surface area contributed by atoms with Crippen LogP contribution in [0.15, 0.2) is 30.3 Å². The Labute approximate surface area is 99.4 Å². The molecule has 0 unspecified atom stereocenters. The molecule has 0 spiro atoms. The van der Waals surface area contributed by atoms with Crippen molar-refractivity contribution in [2.75, 3.05) is 6.61 Å². The molecule has 1 aromatic carbocycles. The molecular weight excluding hydrogens is 220 g/mol. The summed E-state index contributed by atoms with van der Waals surface area (Å²) in [5.41, 5.74) is 1.17. The maximum Gasteiger partial charge on any atom is 0.187 e. The van der Waals surface area contributed by atoms with Crippen LogP contribution in [-0.4, -0.2) is 37.3 Å². The fourth-order valence-electron chi connectivity index (χ4n) is 2.58. The Morgan fingerprint density at radius 3 is 2.88 bits per heavy atom. The van der Waals surface area contributed by atoms with Gasteiger partial charge in [0.05, 0.1) is 13.2 Å². The van der Waals surface area contributed by atoms with E-state index in [4.69, 9.17) is 18.9 Å². The van der Waals surface area contributed by atoms with Crippen molar-refractivity contribution in [1.29, 1.82) is 0 Å². The van der Waals surface area contributed by atoms with Gasteiger partial charge in [-0.25, -0.2) is 0 Å². The second kappa shape index (κ2) is 3.78. The van der Waals surface area contributed by atoms with Gasteiger partial charge in [-0.15, -0.1) is 0 Å². The van der Waals surface area contributed by atoms with Gasteiger partial charge >= 0.3 is 0 Å². The number of ether oxygens (including phenoxy) is 4. The standard InChI is InChI=1S/C13H14O4/c1-2-4-8(5-3-1)6-14-10-9-7-15-13(16-9)12-11(10)17-12/h1-5,9-13H,6-7H2/t9-,10+,11-,12-,13+/m0/s1. The first-order chi connectivity index (χ1) is 8.42. The normalized spacial score (nSPS) is 42.2. The third kappa shape index (κ3) is 1.68. The molecule has 0 aliphatic carbocycles. The largest absolute Gasteiger partial charge is 0.368 e. The molecular formula is C13H14O4. The Morgan fingerprint density at radius 1 is 1.12 bits per heavy atom. The highest BCUT2D eigenvalue weighted by Crippen LogP contribution is 2.43. The molecule has 3 heterocycles. The van der Waals surface area contributed by atoms with Crippen LogP contribution in [-0.2, 0) is 25.6 Å². The van der Waals surface area contributed by atoms with E-state index in [1.165, 1.54) is 5.56 Å². The summed E-state index contributed by atoms with van der Waals surface area (Å²) >= 11 is 0. The molecule has 0 N–H and O–H groups in total. The minimum atomic E-state index is -0.151. The molecule has 90 valence electrons. The minimum Gasteiger partial charge on any atom is -0.368 e. The average Bonchev–Trinajstić information content (AvgIpc) is 3.05. The van der Waals surface area contributed by atoms with Gasteiger partial charge in [-0.2, -0.15) is 0 Å². The zero-order chi connectivity index (χ0) is 11.2. The molecule has 0 saturated carbocycles. The van der Waals surface area contributed by atoms with Crippen molar-refractivity contribution in [3.63, 3.8) is 0 Å². The lowest BCUT2D eigenvalue weighted by molar-refractivity contribution is -0.121. The van der Waals surface area contributed by atoms with Crippen LogP contribution in [0.5, 0.6) is 0 Å². The molecule has 0 radical (unpaired) electrons. The number of rotatable bonds is 3. The third-order valence-electron chi connectivity index (χ3n) is 3.54. The van der Waals surface area contributed by atoms with E-state index in [1.54, 1.807) is 0 Å². The maximum atomic E-state index is 5.92. The van der Waals surface area contributed by atoms with Crippen molar-refractivity contribution in [2.24, 2.45) is 0 Å². The van der Waals surface area contributed by atoms with Crippen molar-refractivity contribution < 1.29 is 18.9 Å². The van der Waals surface area contributed by atoms with Crippen LogP contribution in [0.25, 0.3) is 0 Å². The third-order valence-corrected chi connectivity index (χ3v) is 3.54. The molecule has 1 aromatic rings. The van der Waals surface area contributed by atoms with E-state index in [1.807, 2.05) is 18.2 Å². The summed E-state index contributed by atoms with van der Waals surface area (Å²) in [6, 6.07) is 10.1. The minimum absolute atomic E-state index is 0.0129. The van der Waals surface area contributed by atoms with Gasteiger partial charge in [0, 0.05) is 0 Å². The molecule has 3 aliphatic rings. The van der Waals surface area contributed by atoms with Crippen LogP contribution >= 0.6 is 0 Å². The van der Waals surface area contributed by atoms with E-state index in [-0.39, 0.29) is 30.7 Å². The highest BCUT2D eigenvalue weighted by molar-refractivity contribution is 5.14. The van der Waals surface area contributed by atoms with Gasteiger partial charge in [-0.3, -0.25) is 0 Å². The lowest BCUT2D eigenvalue weighted by atomic mass is 10.1. The van der Waals surface area contributed by atoms with Gasteiger partial charge in [0.1, 0.15) is 24.4 Å². The molecule has 17 heavy (non-hydrogen) atoms. The number of hydrogen-bond acceptors (Lipinski definition) is 4. The van der Waals surface area contributed by atoms with Gasteiger partial charge in [0.15, 0.2) is 6.29 Å². The summed E-state index contributed by atoms with van der Waals surface area (Å²) in [5.74, 6) is 0. The monoisotopic (exact) mass is 234 g/mol. The van der Waals surface area contributed by atoms with E-state index in [0.717, 1.165) is 0 Å². The first-order valence-electron chi connectivity index (χ1n) is 6.00. The van der Waals surface area contributed by atoms with Crippen molar-refractivity contribution in [1.82, 2.24) is 0 Å². The van der Waals surface area contributed by atoms with Crippen LogP contribution < -0.4 is 0 Å². The number of epoxide rings is 1. The predicted octanol–water partition coefficient (Wildman–Crippen LogP) is 1.09. The number of benzene rings is 1. The first-order valence-corrected chi connectivity index (χ1v) is 6.00. The van der Waals surface area contributed by atoms with Crippen LogP contribution in [0.2, 0.25) is 0 Å². The lowest BCUT2D eigenvalue weighted by Crippen LogP contribution is -2.41. The molecule has 3 fully saturated rings. The smallest absolute Gasteiger partial charge is 0.187 e. The van der Waals surface area contributed by atoms with E-state index in [9.17, 15) is 0 Å². The molecule has 5 atom stereocenters. The van der Waals surface area contributed by atoms with E-state index >= 15 is 0 Å². The second-order valence-electron chi connectivity index (χ2n) is 4.70. The van der Waals surface area contributed by atoms with Crippen LogP contribution in [0, 0.1) is 0 Å². The van der Waals surface area contributed by atoms with Gasteiger partial charge in [-0.1, -0.05) is 30.3 Å². The van der Waals surface area contributed by atoms with Gasteiger partial charge in [0.25, 0.3) is 0 Å². The Kier molecular flexibility index (Phi) is 2.23. The SMILES string of the molecule is c1ccc(CO[C@H]2[C@@H]3O[C@@H]3[C@@H]3OC[C@@H]2O3)cc1. The molecule has 3 saturated heterocycles. The summed E-state index contributed by atoms with van der Waals surface area (Å²) in [6.45, 7) is 1.23. The molecule has 3 aliphatic heterocycles. The van der Waals surface area contributed by atoms with Crippen molar-refractivity contribution in [3.8, 4) is 0 Å². The maximum absolute atomic E-state index is 5.92. The summed E-state index contributed by atoms with van der Waals surface area (Å²) in [7, 11) is 0. The first kappa shape index (κ1) is 10.0. The highest BCUT2D eigenvalue weighted by atomic mass is 16.8. The Hall–Kier alpha value is -0.940. The quantitative estimate of drug-likeness (QED) is 0.734. The fourth-order valence-corrected chi connectivity index (χ4v) is 2.58. The highest BCUT2D eigenvalue weighted by Gasteiger charge is 2.62.